The van der Waals surface area contributed by atoms with Crippen LogP contribution in [-0.2, 0) is 7.05 Å². The van der Waals surface area contributed by atoms with Gasteiger partial charge in [0.25, 0.3) is 5.56 Å². The van der Waals surface area contributed by atoms with Crippen molar-refractivity contribution in [2.45, 2.75) is 33.7 Å². The first kappa shape index (κ1) is 14.4. The third kappa shape index (κ3) is 1.94. The van der Waals surface area contributed by atoms with Crippen LogP contribution in [0.5, 0.6) is 0 Å². The number of rotatable bonds is 1. The molecule has 0 bridgehead atoms. The molecular weight excluding hydrogens is 280 g/mol. The lowest BCUT2D eigenvalue weighted by molar-refractivity contribution is 0.542. The molecular formula is C16H18N4O2. The van der Waals surface area contributed by atoms with Crippen LogP contribution in [0.25, 0.3) is 22.6 Å². The zero-order chi connectivity index (χ0) is 16.2. The van der Waals surface area contributed by atoms with Crippen LogP contribution in [0.4, 0.5) is 0 Å². The van der Waals surface area contributed by atoms with Gasteiger partial charge in [-0.05, 0) is 51.0 Å². The van der Waals surface area contributed by atoms with Crippen LogP contribution < -0.4 is 11.2 Å². The Balaban J connectivity index is 2.56. The average molecular weight is 298 g/mol. The molecule has 0 atom stereocenters. The Bertz CT molecular complexity index is 982. The van der Waals surface area contributed by atoms with E-state index in [2.05, 4.69) is 9.97 Å². The normalized spacial score (nSPS) is 11.7. The van der Waals surface area contributed by atoms with Crippen LogP contribution in [0.15, 0.2) is 21.7 Å². The van der Waals surface area contributed by atoms with Crippen molar-refractivity contribution >= 4 is 11.0 Å². The van der Waals surface area contributed by atoms with E-state index in [0.29, 0.717) is 5.82 Å². The van der Waals surface area contributed by atoms with E-state index in [0.717, 1.165) is 26.7 Å². The fourth-order valence-corrected chi connectivity index (χ4v) is 2.66. The molecule has 0 saturated heterocycles. The number of aryl methyl sites for hydroxylation is 3. The number of aromatic nitrogens is 4. The fourth-order valence-electron chi connectivity index (χ4n) is 2.66. The summed E-state index contributed by atoms with van der Waals surface area (Å²) in [5.41, 5.74) is 3.12. The predicted molar refractivity (Wildman–Crippen MR) is 85.5 cm³/mol. The molecule has 1 aromatic carbocycles. The van der Waals surface area contributed by atoms with Crippen molar-refractivity contribution < 1.29 is 0 Å². The van der Waals surface area contributed by atoms with Crippen molar-refractivity contribution in [1.82, 2.24) is 19.1 Å². The monoisotopic (exact) mass is 298 g/mol. The predicted octanol–water partition coefficient (Wildman–Crippen LogP) is 1.79. The molecule has 2 aliphatic heterocycles. The Morgan fingerprint density at radius 2 is 1.68 bits per heavy atom. The molecule has 22 heavy (non-hydrogen) atoms. The quantitative estimate of drug-likeness (QED) is 0.642. The van der Waals surface area contributed by atoms with Gasteiger partial charge in [-0.15, -0.1) is 0 Å². The van der Waals surface area contributed by atoms with Gasteiger partial charge in [0.15, 0.2) is 11.5 Å². The van der Waals surface area contributed by atoms with Gasteiger partial charge in [-0.3, -0.25) is 9.36 Å². The zero-order valence-corrected chi connectivity index (χ0v) is 13.3. The lowest BCUT2D eigenvalue weighted by atomic mass is 10.1. The summed E-state index contributed by atoms with van der Waals surface area (Å²) in [4.78, 5) is 33.2. The maximum absolute atomic E-state index is 12.6. The summed E-state index contributed by atoms with van der Waals surface area (Å²) in [7, 11) is 1.80. The summed E-state index contributed by atoms with van der Waals surface area (Å²) in [6.07, 6.45) is 0. The first-order valence-corrected chi connectivity index (χ1v) is 7.21. The van der Waals surface area contributed by atoms with Crippen LogP contribution in [0.1, 0.15) is 31.0 Å². The SMILES string of the molecule is Cc1cc2nc3c(=O)n(C(C)C)c(=O)nc-3n(C)c2cc1C. The first-order chi connectivity index (χ1) is 10.3. The molecule has 0 aromatic heterocycles. The Kier molecular flexibility index (Phi) is 3.12. The highest BCUT2D eigenvalue weighted by molar-refractivity contribution is 5.80. The van der Waals surface area contributed by atoms with Gasteiger partial charge in [0.1, 0.15) is 0 Å². The summed E-state index contributed by atoms with van der Waals surface area (Å²) in [5, 5.41) is 0. The Morgan fingerprint density at radius 1 is 1.05 bits per heavy atom. The average Bonchev–Trinajstić information content (AvgIpc) is 2.43. The Morgan fingerprint density at radius 3 is 2.32 bits per heavy atom. The van der Waals surface area contributed by atoms with Crippen molar-refractivity contribution in [1.29, 1.82) is 0 Å². The molecule has 114 valence electrons. The van der Waals surface area contributed by atoms with Gasteiger partial charge in [-0.25, -0.2) is 9.78 Å². The summed E-state index contributed by atoms with van der Waals surface area (Å²) in [6, 6.07) is 3.70. The molecule has 6 nitrogen and oxygen atoms in total. The highest BCUT2D eigenvalue weighted by Gasteiger charge is 2.21. The molecule has 0 amide bonds. The topological polar surface area (TPSA) is 69.8 Å². The van der Waals surface area contributed by atoms with Crippen LogP contribution in [-0.4, -0.2) is 19.1 Å². The van der Waals surface area contributed by atoms with E-state index in [1.807, 2.05) is 26.0 Å². The maximum Gasteiger partial charge on any atom is 0.352 e. The molecule has 0 fully saturated rings. The number of hydrogen-bond donors (Lipinski definition) is 0. The van der Waals surface area contributed by atoms with Gasteiger partial charge >= 0.3 is 5.69 Å². The molecule has 0 N–H and O–H groups in total. The minimum atomic E-state index is -0.534. The number of benzene rings is 1. The molecule has 2 aliphatic rings. The van der Waals surface area contributed by atoms with Gasteiger partial charge in [0.2, 0.25) is 0 Å². The van der Waals surface area contributed by atoms with Crippen molar-refractivity contribution in [3.05, 3.63) is 44.1 Å². The lowest BCUT2D eigenvalue weighted by Gasteiger charge is -2.16. The van der Waals surface area contributed by atoms with Gasteiger partial charge in [0.05, 0.1) is 11.0 Å². The van der Waals surface area contributed by atoms with Gasteiger partial charge in [-0.2, -0.15) is 4.98 Å². The summed E-state index contributed by atoms with van der Waals surface area (Å²) < 4.78 is 2.90. The molecule has 6 heteroatoms. The van der Waals surface area contributed by atoms with E-state index in [1.165, 1.54) is 0 Å². The Labute approximate surface area is 127 Å². The summed E-state index contributed by atoms with van der Waals surface area (Å²) in [5.74, 6) is 0.322. The highest BCUT2D eigenvalue weighted by atomic mass is 16.2. The van der Waals surface area contributed by atoms with E-state index in [1.54, 1.807) is 25.5 Å². The molecule has 0 spiro atoms. The highest BCUT2D eigenvalue weighted by Crippen LogP contribution is 2.22. The third-order valence-electron chi connectivity index (χ3n) is 4.06. The minimum Gasteiger partial charge on any atom is -0.325 e. The minimum absolute atomic E-state index is 0.228. The van der Waals surface area contributed by atoms with Crippen LogP contribution in [0.2, 0.25) is 0 Å². The fraction of sp³-hybridized carbons (Fsp3) is 0.375. The third-order valence-corrected chi connectivity index (χ3v) is 4.06. The van der Waals surface area contributed by atoms with Gasteiger partial charge < -0.3 is 4.57 Å². The van der Waals surface area contributed by atoms with Gasteiger partial charge in [0, 0.05) is 13.1 Å². The molecule has 0 unspecified atom stereocenters. The molecule has 3 rings (SSSR count). The first-order valence-electron chi connectivity index (χ1n) is 7.21. The van der Waals surface area contributed by atoms with E-state index in [4.69, 9.17) is 0 Å². The maximum atomic E-state index is 12.6. The van der Waals surface area contributed by atoms with E-state index in [-0.39, 0.29) is 17.3 Å². The molecule has 2 heterocycles. The second-order valence-electron chi connectivity index (χ2n) is 5.93. The van der Waals surface area contributed by atoms with Crippen molar-refractivity contribution in [3.63, 3.8) is 0 Å². The Hall–Kier alpha value is -2.50. The standard InChI is InChI=1S/C16H18N4O2/c1-8(2)20-15(21)13-14(18-16(20)22)19(5)12-7-10(4)9(3)6-11(12)17-13/h6-8H,1-5H3. The van der Waals surface area contributed by atoms with E-state index in [9.17, 15) is 9.59 Å². The van der Waals surface area contributed by atoms with Crippen molar-refractivity contribution in [2.24, 2.45) is 7.05 Å². The molecule has 0 saturated carbocycles. The second-order valence-corrected chi connectivity index (χ2v) is 5.93. The van der Waals surface area contributed by atoms with Crippen LogP contribution in [0.3, 0.4) is 0 Å². The van der Waals surface area contributed by atoms with Gasteiger partial charge in [-0.1, -0.05) is 0 Å². The number of nitrogens with zero attached hydrogens (tertiary/aromatic N) is 4. The van der Waals surface area contributed by atoms with Crippen LogP contribution >= 0.6 is 0 Å². The number of fused-ring (bicyclic) bond motifs is 2. The van der Waals surface area contributed by atoms with Crippen molar-refractivity contribution in [2.75, 3.05) is 0 Å². The van der Waals surface area contributed by atoms with Crippen molar-refractivity contribution in [3.8, 4) is 11.5 Å². The summed E-state index contributed by atoms with van der Waals surface area (Å²) >= 11 is 0. The smallest absolute Gasteiger partial charge is 0.325 e. The van der Waals surface area contributed by atoms with E-state index >= 15 is 0 Å². The number of hydrogen-bond acceptors (Lipinski definition) is 4. The molecule has 0 radical (unpaired) electrons. The molecule has 1 aromatic rings. The zero-order valence-electron chi connectivity index (χ0n) is 13.3. The van der Waals surface area contributed by atoms with E-state index < -0.39 is 5.69 Å². The largest absolute Gasteiger partial charge is 0.352 e. The molecule has 0 aliphatic carbocycles. The second kappa shape index (κ2) is 4.76. The summed E-state index contributed by atoms with van der Waals surface area (Å²) in [6.45, 7) is 7.59. The lowest BCUT2D eigenvalue weighted by Crippen LogP contribution is -2.39. The van der Waals surface area contributed by atoms with Crippen LogP contribution in [0, 0.1) is 13.8 Å².